The van der Waals surface area contributed by atoms with Crippen molar-refractivity contribution in [3.63, 3.8) is 0 Å². The standard InChI is InChI=1S/C22H30O4/c1-12-8-16-15-5-4-13-9-14(24)6-7-21(13,2)20(15)17(25)10-22(16,3)19(12)18(26)11-23/h9,11-12,15-17,19-20,25H,4-8,10H2,1-3H3/t12?,15-,16-,17?,19+,20+,21-,22-/m0/s1. The van der Waals surface area contributed by atoms with Gasteiger partial charge in [-0.25, -0.2) is 0 Å². The molecule has 0 aromatic carbocycles. The maximum Gasteiger partial charge on any atom is 0.199 e. The zero-order chi connectivity index (χ0) is 18.9. The van der Waals surface area contributed by atoms with Crippen molar-refractivity contribution in [2.24, 2.45) is 40.4 Å². The molecule has 4 nitrogen and oxygen atoms in total. The lowest BCUT2D eigenvalue weighted by molar-refractivity contribution is -0.148. The molecule has 4 rings (SSSR count). The fourth-order valence-corrected chi connectivity index (χ4v) is 7.73. The first-order valence-electron chi connectivity index (χ1n) is 10.1. The van der Waals surface area contributed by atoms with Gasteiger partial charge in [0.1, 0.15) is 0 Å². The number of ketones is 2. The molecule has 0 aromatic rings. The number of fused-ring (bicyclic) bond motifs is 5. The molecule has 0 saturated heterocycles. The number of hydrogen-bond donors (Lipinski definition) is 1. The molecule has 1 N–H and O–H groups in total. The van der Waals surface area contributed by atoms with E-state index in [0.29, 0.717) is 31.0 Å². The van der Waals surface area contributed by atoms with Crippen LogP contribution in [0.15, 0.2) is 11.6 Å². The van der Waals surface area contributed by atoms with Gasteiger partial charge in [-0.05, 0) is 72.7 Å². The molecule has 8 atom stereocenters. The van der Waals surface area contributed by atoms with Crippen LogP contribution in [0.1, 0.15) is 59.3 Å². The average Bonchev–Trinajstić information content (AvgIpc) is 2.84. The van der Waals surface area contributed by atoms with E-state index in [-0.39, 0.29) is 40.2 Å². The Morgan fingerprint density at radius 1 is 1.31 bits per heavy atom. The molecule has 0 heterocycles. The Kier molecular flexibility index (Phi) is 4.07. The van der Waals surface area contributed by atoms with E-state index in [1.165, 1.54) is 5.57 Å². The van der Waals surface area contributed by atoms with Gasteiger partial charge in [-0.2, -0.15) is 0 Å². The Labute approximate surface area is 155 Å². The van der Waals surface area contributed by atoms with Crippen molar-refractivity contribution in [1.82, 2.24) is 0 Å². The van der Waals surface area contributed by atoms with E-state index < -0.39 is 6.10 Å². The smallest absolute Gasteiger partial charge is 0.199 e. The van der Waals surface area contributed by atoms with Crippen molar-refractivity contribution in [2.75, 3.05) is 0 Å². The lowest BCUT2D eigenvalue weighted by atomic mass is 9.46. The van der Waals surface area contributed by atoms with Gasteiger partial charge in [0.15, 0.2) is 17.9 Å². The fraction of sp³-hybridized carbons (Fsp3) is 0.773. The molecule has 4 heteroatoms. The van der Waals surface area contributed by atoms with Crippen LogP contribution in [-0.4, -0.2) is 29.1 Å². The monoisotopic (exact) mass is 358 g/mol. The minimum Gasteiger partial charge on any atom is -0.393 e. The van der Waals surface area contributed by atoms with Crippen LogP contribution in [0.3, 0.4) is 0 Å². The molecule has 0 spiro atoms. The van der Waals surface area contributed by atoms with Crippen LogP contribution in [0.2, 0.25) is 0 Å². The maximum absolute atomic E-state index is 12.4. The third kappa shape index (κ3) is 2.27. The molecule has 3 fully saturated rings. The van der Waals surface area contributed by atoms with E-state index in [2.05, 4.69) is 20.8 Å². The second-order valence-electron chi connectivity index (χ2n) is 9.88. The molecule has 0 aliphatic heterocycles. The molecular weight excluding hydrogens is 328 g/mol. The third-order valence-electron chi connectivity index (χ3n) is 8.66. The van der Waals surface area contributed by atoms with Crippen molar-refractivity contribution in [1.29, 1.82) is 0 Å². The number of carbonyl (C=O) groups is 3. The summed E-state index contributed by atoms with van der Waals surface area (Å²) in [5.41, 5.74) is 0.831. The zero-order valence-corrected chi connectivity index (χ0v) is 16.0. The van der Waals surface area contributed by atoms with Crippen molar-refractivity contribution in [3.8, 4) is 0 Å². The molecule has 26 heavy (non-hydrogen) atoms. The molecule has 0 bridgehead atoms. The van der Waals surface area contributed by atoms with E-state index in [1.807, 2.05) is 6.08 Å². The lowest BCUT2D eigenvalue weighted by Crippen LogP contribution is -2.57. The van der Waals surface area contributed by atoms with Crippen LogP contribution in [0.5, 0.6) is 0 Å². The van der Waals surface area contributed by atoms with Gasteiger partial charge < -0.3 is 5.11 Å². The van der Waals surface area contributed by atoms with Gasteiger partial charge in [0.25, 0.3) is 0 Å². The Morgan fingerprint density at radius 3 is 2.73 bits per heavy atom. The molecule has 0 aromatic heterocycles. The minimum atomic E-state index is -0.476. The number of Topliss-reactive ketones (excluding diaryl/α,β-unsaturated/α-hetero) is 1. The topological polar surface area (TPSA) is 71.4 Å². The number of aliphatic hydroxyl groups is 1. The first-order chi connectivity index (χ1) is 12.2. The van der Waals surface area contributed by atoms with Gasteiger partial charge >= 0.3 is 0 Å². The van der Waals surface area contributed by atoms with Gasteiger partial charge in [0.05, 0.1) is 6.10 Å². The van der Waals surface area contributed by atoms with Crippen LogP contribution in [-0.2, 0) is 14.4 Å². The van der Waals surface area contributed by atoms with Gasteiger partial charge in [0.2, 0.25) is 0 Å². The van der Waals surface area contributed by atoms with E-state index >= 15 is 0 Å². The zero-order valence-electron chi connectivity index (χ0n) is 16.0. The number of aldehydes is 1. The molecule has 4 aliphatic rings. The molecular formula is C22H30O4. The predicted octanol–water partition coefficient (Wildman–Crippen LogP) is 3.12. The first kappa shape index (κ1) is 18.1. The quantitative estimate of drug-likeness (QED) is 0.608. The summed E-state index contributed by atoms with van der Waals surface area (Å²) in [6, 6.07) is 0. The van der Waals surface area contributed by atoms with Crippen LogP contribution < -0.4 is 0 Å². The van der Waals surface area contributed by atoms with E-state index in [0.717, 1.165) is 25.7 Å². The molecule has 142 valence electrons. The van der Waals surface area contributed by atoms with Crippen molar-refractivity contribution >= 4 is 17.9 Å². The van der Waals surface area contributed by atoms with E-state index in [1.54, 1.807) is 0 Å². The largest absolute Gasteiger partial charge is 0.393 e. The number of carbonyl (C=O) groups excluding carboxylic acids is 3. The average molecular weight is 358 g/mol. The summed E-state index contributed by atoms with van der Waals surface area (Å²) >= 11 is 0. The predicted molar refractivity (Wildman–Crippen MR) is 97.2 cm³/mol. The van der Waals surface area contributed by atoms with E-state index in [9.17, 15) is 19.5 Å². The van der Waals surface area contributed by atoms with Crippen LogP contribution in [0.25, 0.3) is 0 Å². The van der Waals surface area contributed by atoms with Gasteiger partial charge in [0, 0.05) is 12.3 Å². The highest BCUT2D eigenvalue weighted by molar-refractivity contribution is 6.26. The molecule has 0 radical (unpaired) electrons. The molecule has 4 aliphatic carbocycles. The number of allylic oxidation sites excluding steroid dienone is 1. The van der Waals surface area contributed by atoms with E-state index in [4.69, 9.17) is 0 Å². The fourth-order valence-electron chi connectivity index (χ4n) is 7.73. The third-order valence-corrected chi connectivity index (χ3v) is 8.66. The minimum absolute atomic E-state index is 0.104. The second kappa shape index (κ2) is 5.85. The lowest BCUT2D eigenvalue weighted by Gasteiger charge is -2.59. The van der Waals surface area contributed by atoms with Crippen LogP contribution in [0, 0.1) is 40.4 Å². The van der Waals surface area contributed by atoms with Gasteiger partial charge in [-0.3, -0.25) is 14.4 Å². The summed E-state index contributed by atoms with van der Waals surface area (Å²) in [5, 5.41) is 11.2. The number of hydrogen-bond acceptors (Lipinski definition) is 4. The summed E-state index contributed by atoms with van der Waals surface area (Å²) < 4.78 is 0. The maximum atomic E-state index is 12.4. The second-order valence-corrected chi connectivity index (χ2v) is 9.88. The van der Waals surface area contributed by atoms with Gasteiger partial charge in [-0.15, -0.1) is 0 Å². The number of rotatable bonds is 2. The molecule has 3 saturated carbocycles. The SMILES string of the molecule is CC1C[C@H]2[C@@H]3CCC4=CC(=O)CC[C@]4(C)[C@H]3C(O)C[C@]2(C)[C@H]1C(=O)C=O. The Morgan fingerprint density at radius 2 is 2.04 bits per heavy atom. The molecule has 2 unspecified atom stereocenters. The highest BCUT2D eigenvalue weighted by Gasteiger charge is 2.64. The van der Waals surface area contributed by atoms with Crippen molar-refractivity contribution in [2.45, 2.75) is 65.4 Å². The summed E-state index contributed by atoms with van der Waals surface area (Å²) in [6.07, 6.45) is 6.70. The summed E-state index contributed by atoms with van der Waals surface area (Å²) in [7, 11) is 0. The normalized spacial score (nSPS) is 50.3. The molecule has 0 amide bonds. The van der Waals surface area contributed by atoms with Crippen LogP contribution in [0.4, 0.5) is 0 Å². The summed E-state index contributed by atoms with van der Waals surface area (Å²) in [5.74, 6) is 0.744. The highest BCUT2D eigenvalue weighted by Crippen LogP contribution is 2.67. The van der Waals surface area contributed by atoms with Crippen molar-refractivity contribution < 1.29 is 19.5 Å². The highest BCUT2D eigenvalue weighted by atomic mass is 16.3. The van der Waals surface area contributed by atoms with Crippen LogP contribution >= 0.6 is 0 Å². The summed E-state index contributed by atoms with van der Waals surface area (Å²) in [6.45, 7) is 6.46. The van der Waals surface area contributed by atoms with Gasteiger partial charge in [-0.1, -0.05) is 26.3 Å². The first-order valence-corrected chi connectivity index (χ1v) is 10.1. The Hall–Kier alpha value is -1.29. The number of aliphatic hydroxyl groups excluding tert-OH is 1. The summed E-state index contributed by atoms with van der Waals surface area (Å²) in [4.78, 5) is 35.5. The van der Waals surface area contributed by atoms with Crippen molar-refractivity contribution in [3.05, 3.63) is 11.6 Å². The Balaban J connectivity index is 1.74. The Bertz CT molecular complexity index is 694.